The quantitative estimate of drug-likeness (QED) is 0.834. The van der Waals surface area contributed by atoms with E-state index in [4.69, 9.17) is 23.2 Å². The van der Waals surface area contributed by atoms with Crippen LogP contribution >= 0.6 is 23.2 Å². The van der Waals surface area contributed by atoms with E-state index in [0.717, 1.165) is 11.4 Å². The average Bonchev–Trinajstić information content (AvgIpc) is 2.33. The first-order valence-electron chi connectivity index (χ1n) is 5.05. The topological polar surface area (TPSA) is 29.0 Å². The van der Waals surface area contributed by atoms with Crippen molar-refractivity contribution < 1.29 is 0 Å². The minimum absolute atomic E-state index is 0.501. The first-order valence-corrected chi connectivity index (χ1v) is 5.80. The standard InChI is InChI=1S/C12H11Cl2N3/c1-17(2)11-7-6-10(15-16-11)8-4-3-5-9(13)12(8)14/h3-7H,1-2H3. The van der Waals surface area contributed by atoms with Crippen molar-refractivity contribution in [2.24, 2.45) is 0 Å². The van der Waals surface area contributed by atoms with E-state index in [9.17, 15) is 0 Å². The number of anilines is 1. The molecule has 1 aromatic carbocycles. The Labute approximate surface area is 110 Å². The fourth-order valence-electron chi connectivity index (χ4n) is 1.41. The first kappa shape index (κ1) is 12.1. The van der Waals surface area contributed by atoms with E-state index in [1.165, 1.54) is 0 Å². The predicted octanol–water partition coefficient (Wildman–Crippen LogP) is 3.52. The van der Waals surface area contributed by atoms with E-state index in [1.807, 2.05) is 43.3 Å². The van der Waals surface area contributed by atoms with Crippen molar-refractivity contribution in [3.05, 3.63) is 40.4 Å². The highest BCUT2D eigenvalue weighted by atomic mass is 35.5. The first-order chi connectivity index (χ1) is 8.09. The maximum atomic E-state index is 6.12. The van der Waals surface area contributed by atoms with Gasteiger partial charge in [-0.1, -0.05) is 35.3 Å². The summed E-state index contributed by atoms with van der Waals surface area (Å²) in [6.07, 6.45) is 0. The summed E-state index contributed by atoms with van der Waals surface area (Å²) in [4.78, 5) is 1.89. The van der Waals surface area contributed by atoms with E-state index in [1.54, 1.807) is 6.07 Å². The zero-order valence-electron chi connectivity index (χ0n) is 9.48. The van der Waals surface area contributed by atoms with Crippen LogP contribution in [0.4, 0.5) is 5.82 Å². The third-order valence-electron chi connectivity index (χ3n) is 2.34. The van der Waals surface area contributed by atoms with Crippen LogP contribution in [0.2, 0.25) is 10.0 Å². The predicted molar refractivity (Wildman–Crippen MR) is 71.8 cm³/mol. The lowest BCUT2D eigenvalue weighted by molar-refractivity contribution is 0.969. The highest BCUT2D eigenvalue weighted by Gasteiger charge is 2.08. The Kier molecular flexibility index (Phi) is 3.50. The van der Waals surface area contributed by atoms with Gasteiger partial charge >= 0.3 is 0 Å². The van der Waals surface area contributed by atoms with Gasteiger partial charge in [0.25, 0.3) is 0 Å². The molecule has 0 aliphatic rings. The second-order valence-electron chi connectivity index (χ2n) is 3.77. The lowest BCUT2D eigenvalue weighted by atomic mass is 10.1. The number of nitrogens with zero attached hydrogens (tertiary/aromatic N) is 3. The highest BCUT2D eigenvalue weighted by molar-refractivity contribution is 6.43. The Bertz CT molecular complexity index is 524. The van der Waals surface area contributed by atoms with Crippen molar-refractivity contribution in [3.63, 3.8) is 0 Å². The van der Waals surface area contributed by atoms with Gasteiger partial charge in [0, 0.05) is 19.7 Å². The van der Waals surface area contributed by atoms with Crippen LogP contribution < -0.4 is 4.90 Å². The van der Waals surface area contributed by atoms with Gasteiger partial charge in [0.05, 0.1) is 15.7 Å². The van der Waals surface area contributed by atoms with E-state index >= 15 is 0 Å². The molecule has 0 amide bonds. The van der Waals surface area contributed by atoms with Crippen molar-refractivity contribution in [3.8, 4) is 11.3 Å². The van der Waals surface area contributed by atoms with Crippen LogP contribution in [0, 0.1) is 0 Å². The maximum Gasteiger partial charge on any atom is 0.150 e. The van der Waals surface area contributed by atoms with E-state index in [0.29, 0.717) is 15.7 Å². The number of benzene rings is 1. The van der Waals surface area contributed by atoms with Crippen LogP contribution in [0.5, 0.6) is 0 Å². The molecular weight excluding hydrogens is 257 g/mol. The average molecular weight is 268 g/mol. The third-order valence-corrected chi connectivity index (χ3v) is 3.16. The molecule has 0 aliphatic carbocycles. The normalized spacial score (nSPS) is 10.4. The van der Waals surface area contributed by atoms with Crippen molar-refractivity contribution >= 4 is 29.0 Å². The van der Waals surface area contributed by atoms with Gasteiger partial charge in [0.2, 0.25) is 0 Å². The van der Waals surface area contributed by atoms with Gasteiger partial charge < -0.3 is 4.90 Å². The number of hydrogen-bond acceptors (Lipinski definition) is 3. The highest BCUT2D eigenvalue weighted by Crippen LogP contribution is 2.32. The number of halogens is 2. The van der Waals surface area contributed by atoms with Crippen LogP contribution in [0.3, 0.4) is 0 Å². The lowest BCUT2D eigenvalue weighted by Gasteiger charge is -2.10. The molecule has 5 heteroatoms. The van der Waals surface area contributed by atoms with Crippen LogP contribution in [-0.2, 0) is 0 Å². The van der Waals surface area contributed by atoms with Crippen molar-refractivity contribution in [1.29, 1.82) is 0 Å². The Morgan fingerprint density at radius 1 is 1.00 bits per heavy atom. The van der Waals surface area contributed by atoms with Crippen molar-refractivity contribution in [1.82, 2.24) is 10.2 Å². The Balaban J connectivity index is 2.43. The van der Waals surface area contributed by atoms with Crippen molar-refractivity contribution in [2.75, 3.05) is 19.0 Å². The molecule has 0 unspecified atom stereocenters. The van der Waals surface area contributed by atoms with E-state index in [2.05, 4.69) is 10.2 Å². The second-order valence-corrected chi connectivity index (χ2v) is 4.56. The zero-order valence-corrected chi connectivity index (χ0v) is 11.0. The summed E-state index contributed by atoms with van der Waals surface area (Å²) in [6.45, 7) is 0. The fourth-order valence-corrected chi connectivity index (χ4v) is 1.81. The molecule has 0 saturated carbocycles. The molecule has 0 fully saturated rings. The van der Waals surface area contributed by atoms with Gasteiger partial charge in [-0.15, -0.1) is 10.2 Å². The minimum atomic E-state index is 0.501. The molecule has 88 valence electrons. The fraction of sp³-hybridized carbons (Fsp3) is 0.167. The SMILES string of the molecule is CN(C)c1ccc(-c2cccc(Cl)c2Cl)nn1. The van der Waals surface area contributed by atoms with Crippen LogP contribution in [0.25, 0.3) is 11.3 Å². The van der Waals surface area contributed by atoms with Crippen molar-refractivity contribution in [2.45, 2.75) is 0 Å². The summed E-state index contributed by atoms with van der Waals surface area (Å²) >= 11 is 12.1. The molecule has 1 heterocycles. The third kappa shape index (κ3) is 2.51. The van der Waals surface area contributed by atoms with Gasteiger partial charge in [0.15, 0.2) is 5.82 Å². The van der Waals surface area contributed by atoms with Gasteiger partial charge in [-0.3, -0.25) is 0 Å². The summed E-state index contributed by atoms with van der Waals surface area (Å²) < 4.78 is 0. The summed E-state index contributed by atoms with van der Waals surface area (Å²) in [7, 11) is 3.83. The molecule has 3 nitrogen and oxygen atoms in total. The number of aromatic nitrogens is 2. The molecule has 0 N–H and O–H groups in total. The van der Waals surface area contributed by atoms with Gasteiger partial charge in [-0.25, -0.2) is 0 Å². The smallest absolute Gasteiger partial charge is 0.150 e. The lowest BCUT2D eigenvalue weighted by Crippen LogP contribution is -2.11. The Hall–Kier alpha value is -1.32. The molecule has 17 heavy (non-hydrogen) atoms. The summed E-state index contributed by atoms with van der Waals surface area (Å²) in [6, 6.07) is 9.22. The molecule has 2 rings (SSSR count). The number of hydrogen-bond donors (Lipinski definition) is 0. The molecule has 0 saturated heterocycles. The summed E-state index contributed by atoms with van der Waals surface area (Å²) in [5, 5.41) is 9.25. The molecular formula is C12H11Cl2N3. The van der Waals surface area contributed by atoms with E-state index < -0.39 is 0 Å². The Morgan fingerprint density at radius 2 is 1.76 bits per heavy atom. The molecule has 0 spiro atoms. The molecule has 0 radical (unpaired) electrons. The Morgan fingerprint density at radius 3 is 2.35 bits per heavy atom. The van der Waals surface area contributed by atoms with Crippen LogP contribution in [0.15, 0.2) is 30.3 Å². The largest absolute Gasteiger partial charge is 0.361 e. The molecule has 2 aromatic rings. The molecule has 0 atom stereocenters. The molecule has 1 aromatic heterocycles. The number of rotatable bonds is 2. The maximum absolute atomic E-state index is 6.12. The molecule has 0 aliphatic heterocycles. The second kappa shape index (κ2) is 4.90. The monoisotopic (exact) mass is 267 g/mol. The zero-order chi connectivity index (χ0) is 12.4. The summed E-state index contributed by atoms with van der Waals surface area (Å²) in [5.74, 6) is 0.798. The molecule has 0 bridgehead atoms. The minimum Gasteiger partial charge on any atom is -0.361 e. The van der Waals surface area contributed by atoms with Crippen LogP contribution in [0.1, 0.15) is 0 Å². The van der Waals surface area contributed by atoms with E-state index in [-0.39, 0.29) is 0 Å². The van der Waals surface area contributed by atoms with Crippen LogP contribution in [-0.4, -0.2) is 24.3 Å². The van der Waals surface area contributed by atoms with Gasteiger partial charge in [0.1, 0.15) is 0 Å². The van der Waals surface area contributed by atoms with Gasteiger partial charge in [-0.2, -0.15) is 0 Å². The van der Waals surface area contributed by atoms with Gasteiger partial charge in [-0.05, 0) is 18.2 Å². The summed E-state index contributed by atoms with van der Waals surface area (Å²) in [5.41, 5.74) is 1.50.